The molecule has 2 heterocycles. The number of benzene rings is 1. The number of esters is 1. The molecule has 0 fully saturated rings. The molecule has 1 aromatic carbocycles. The second-order valence-electron chi connectivity index (χ2n) is 5.29. The Morgan fingerprint density at radius 2 is 2.04 bits per heavy atom. The molecule has 0 aliphatic carbocycles. The van der Waals surface area contributed by atoms with Crippen LogP contribution in [0.5, 0.6) is 0 Å². The number of hydrogen-bond acceptors (Lipinski definition) is 5. The molecule has 0 unspecified atom stereocenters. The number of thiophene rings is 1. The molecule has 2 aromatic heterocycles. The summed E-state index contributed by atoms with van der Waals surface area (Å²) < 4.78 is 17.9. The van der Waals surface area contributed by atoms with Crippen molar-refractivity contribution in [2.75, 3.05) is 6.61 Å². The number of fused-ring (bicyclic) bond motifs is 1. The molecule has 1 N–H and O–H groups in total. The third-order valence-corrected chi connectivity index (χ3v) is 4.75. The molecular weight excluding hydrogens is 343 g/mol. The van der Waals surface area contributed by atoms with Crippen LogP contribution in [-0.2, 0) is 4.74 Å². The molecule has 3 aromatic rings. The number of aromatic amines is 1. The summed E-state index contributed by atoms with van der Waals surface area (Å²) in [5, 5.41) is 0.395. The number of carbonyl (C=O) groups excluding carboxylic acids is 1. The standard InChI is InChI=1S/C18H15FN2O3S/c1-3-24-18(23)15-10(2)14-16(22)20-13(21-17(14)25-15)9-6-11-4-7-12(19)8-5-11/h4-9H,3H2,1-2H3,(H,20,21,22). The molecule has 128 valence electrons. The number of H-pyrrole nitrogens is 1. The maximum absolute atomic E-state index is 12.9. The molecule has 0 bridgehead atoms. The van der Waals surface area contributed by atoms with Gasteiger partial charge in [0.05, 0.1) is 12.0 Å². The van der Waals surface area contributed by atoms with E-state index in [2.05, 4.69) is 9.97 Å². The van der Waals surface area contributed by atoms with E-state index in [0.29, 0.717) is 26.5 Å². The lowest BCUT2D eigenvalue weighted by Crippen LogP contribution is -2.10. The quantitative estimate of drug-likeness (QED) is 0.721. The van der Waals surface area contributed by atoms with E-state index >= 15 is 0 Å². The number of rotatable bonds is 4. The van der Waals surface area contributed by atoms with Crippen LogP contribution >= 0.6 is 11.3 Å². The summed E-state index contributed by atoms with van der Waals surface area (Å²) in [7, 11) is 0. The fourth-order valence-electron chi connectivity index (χ4n) is 2.38. The molecule has 5 nitrogen and oxygen atoms in total. The van der Waals surface area contributed by atoms with Crippen LogP contribution in [0.4, 0.5) is 4.39 Å². The summed E-state index contributed by atoms with van der Waals surface area (Å²) >= 11 is 1.13. The first-order valence-electron chi connectivity index (χ1n) is 7.63. The number of aromatic nitrogens is 2. The topological polar surface area (TPSA) is 72.0 Å². The highest BCUT2D eigenvalue weighted by Gasteiger charge is 2.19. The lowest BCUT2D eigenvalue weighted by atomic mass is 10.2. The molecule has 0 saturated carbocycles. The van der Waals surface area contributed by atoms with E-state index in [9.17, 15) is 14.0 Å². The van der Waals surface area contributed by atoms with Crippen LogP contribution < -0.4 is 5.56 Å². The largest absolute Gasteiger partial charge is 0.462 e. The van der Waals surface area contributed by atoms with Crippen molar-refractivity contribution in [2.45, 2.75) is 13.8 Å². The fourth-order valence-corrected chi connectivity index (χ4v) is 3.46. The zero-order chi connectivity index (χ0) is 18.0. The van der Waals surface area contributed by atoms with Gasteiger partial charge in [-0.3, -0.25) is 4.79 Å². The number of nitrogens with zero attached hydrogens (tertiary/aromatic N) is 1. The maximum Gasteiger partial charge on any atom is 0.348 e. The summed E-state index contributed by atoms with van der Waals surface area (Å²) in [5.74, 6) is -0.407. The van der Waals surface area contributed by atoms with Crippen LogP contribution in [0.3, 0.4) is 0 Å². The number of ether oxygens (including phenoxy) is 1. The van der Waals surface area contributed by atoms with Crippen LogP contribution in [0.1, 0.15) is 33.5 Å². The van der Waals surface area contributed by atoms with Gasteiger partial charge in [0.1, 0.15) is 21.3 Å². The Kier molecular flexibility index (Phi) is 4.76. The van der Waals surface area contributed by atoms with Crippen LogP contribution in [0.25, 0.3) is 22.4 Å². The van der Waals surface area contributed by atoms with Gasteiger partial charge in [0.25, 0.3) is 5.56 Å². The highest BCUT2D eigenvalue weighted by atomic mass is 32.1. The van der Waals surface area contributed by atoms with Crippen molar-refractivity contribution >= 4 is 39.7 Å². The summed E-state index contributed by atoms with van der Waals surface area (Å²) in [6.07, 6.45) is 3.35. The Labute approximate surface area is 146 Å². The number of carbonyl (C=O) groups is 1. The van der Waals surface area contributed by atoms with Gasteiger partial charge in [-0.2, -0.15) is 0 Å². The van der Waals surface area contributed by atoms with Crippen molar-refractivity contribution in [3.8, 4) is 0 Å². The van der Waals surface area contributed by atoms with Crippen molar-refractivity contribution < 1.29 is 13.9 Å². The Hall–Kier alpha value is -2.80. The van der Waals surface area contributed by atoms with Gasteiger partial charge in [0, 0.05) is 0 Å². The highest BCUT2D eigenvalue weighted by Crippen LogP contribution is 2.27. The van der Waals surface area contributed by atoms with Gasteiger partial charge in [0.2, 0.25) is 0 Å². The van der Waals surface area contributed by atoms with Crippen molar-refractivity contribution in [2.24, 2.45) is 0 Å². The minimum Gasteiger partial charge on any atom is -0.462 e. The van der Waals surface area contributed by atoms with Gasteiger partial charge in [0.15, 0.2) is 0 Å². The number of nitrogens with one attached hydrogen (secondary N) is 1. The molecule has 3 rings (SSSR count). The first-order chi connectivity index (χ1) is 12.0. The monoisotopic (exact) mass is 358 g/mol. The number of aryl methyl sites for hydroxylation is 1. The van der Waals surface area contributed by atoms with Crippen molar-refractivity contribution in [1.29, 1.82) is 0 Å². The molecule has 0 aliphatic heterocycles. The first kappa shape index (κ1) is 17.0. The fraction of sp³-hybridized carbons (Fsp3) is 0.167. The Morgan fingerprint density at radius 3 is 2.72 bits per heavy atom. The van der Waals surface area contributed by atoms with E-state index < -0.39 is 5.97 Å². The molecular formula is C18H15FN2O3S. The third kappa shape index (κ3) is 3.51. The van der Waals surface area contributed by atoms with E-state index in [1.807, 2.05) is 0 Å². The summed E-state index contributed by atoms with van der Waals surface area (Å²) in [6, 6.07) is 5.95. The normalized spacial score (nSPS) is 11.3. The molecule has 0 radical (unpaired) electrons. The smallest absolute Gasteiger partial charge is 0.348 e. The average molecular weight is 358 g/mol. The maximum atomic E-state index is 12.9. The molecule has 25 heavy (non-hydrogen) atoms. The van der Waals surface area contributed by atoms with Gasteiger partial charge in [-0.25, -0.2) is 14.2 Å². The summed E-state index contributed by atoms with van der Waals surface area (Å²) in [6.45, 7) is 3.70. The zero-order valence-electron chi connectivity index (χ0n) is 13.6. The molecule has 0 amide bonds. The Morgan fingerprint density at radius 1 is 1.32 bits per heavy atom. The second-order valence-corrected chi connectivity index (χ2v) is 6.29. The summed E-state index contributed by atoms with van der Waals surface area (Å²) in [5.41, 5.74) is 1.04. The van der Waals surface area contributed by atoms with Gasteiger partial charge in [-0.1, -0.05) is 18.2 Å². The minimum absolute atomic E-state index is 0.266. The van der Waals surface area contributed by atoms with E-state index in [4.69, 9.17) is 4.74 Å². The zero-order valence-corrected chi connectivity index (χ0v) is 14.4. The van der Waals surface area contributed by atoms with Crippen LogP contribution in [0, 0.1) is 12.7 Å². The van der Waals surface area contributed by atoms with E-state index in [-0.39, 0.29) is 18.0 Å². The number of hydrogen-bond donors (Lipinski definition) is 1. The van der Waals surface area contributed by atoms with Crippen LogP contribution in [0.2, 0.25) is 0 Å². The predicted molar refractivity (Wildman–Crippen MR) is 96.3 cm³/mol. The van der Waals surface area contributed by atoms with Gasteiger partial charge >= 0.3 is 5.97 Å². The van der Waals surface area contributed by atoms with Gasteiger partial charge in [-0.15, -0.1) is 11.3 Å². The molecule has 0 saturated heterocycles. The third-order valence-electron chi connectivity index (χ3n) is 3.58. The SMILES string of the molecule is CCOC(=O)c1sc2nc(C=Cc3ccc(F)cc3)[nH]c(=O)c2c1C. The first-order valence-corrected chi connectivity index (χ1v) is 8.45. The minimum atomic E-state index is -0.453. The second kappa shape index (κ2) is 6.98. The van der Waals surface area contributed by atoms with Crippen LogP contribution in [-0.4, -0.2) is 22.5 Å². The highest BCUT2D eigenvalue weighted by molar-refractivity contribution is 7.20. The Bertz CT molecular complexity index is 1020. The van der Waals surface area contributed by atoms with Crippen LogP contribution in [0.15, 0.2) is 29.1 Å². The average Bonchev–Trinajstić information content (AvgIpc) is 2.92. The predicted octanol–water partition coefficient (Wildman–Crippen LogP) is 3.78. The molecule has 0 spiro atoms. The van der Waals surface area contributed by atoms with Gasteiger partial charge in [-0.05, 0) is 43.2 Å². The van der Waals surface area contributed by atoms with Crippen molar-refractivity contribution in [3.63, 3.8) is 0 Å². The Balaban J connectivity index is 2.00. The van der Waals surface area contributed by atoms with Gasteiger partial charge < -0.3 is 9.72 Å². The van der Waals surface area contributed by atoms with E-state index in [1.165, 1.54) is 12.1 Å². The number of halogens is 1. The molecule has 0 atom stereocenters. The lowest BCUT2D eigenvalue weighted by molar-refractivity contribution is 0.0531. The summed E-state index contributed by atoms with van der Waals surface area (Å²) in [4.78, 5) is 32.2. The lowest BCUT2D eigenvalue weighted by Gasteiger charge is -1.98. The van der Waals surface area contributed by atoms with E-state index in [1.54, 1.807) is 38.1 Å². The van der Waals surface area contributed by atoms with Crippen molar-refractivity contribution in [1.82, 2.24) is 9.97 Å². The van der Waals surface area contributed by atoms with E-state index in [0.717, 1.165) is 16.9 Å². The molecule has 0 aliphatic rings. The molecule has 7 heteroatoms. The van der Waals surface area contributed by atoms with Crippen molar-refractivity contribution in [3.05, 3.63) is 62.3 Å².